The number of H-pyrrole nitrogens is 1. The Kier molecular flexibility index (Phi) is 5.89. The standard InChI is InChI=1S/C27H32F2N6O2S/c1-34(19-15-27(28,29)16-19)24-5-3-4-21(31-24)22-17-30-25(32-22)20-7-6-18(33-38(2,36)37)14-23(20)35-12-10-26(8-9-26)11-13-35/h3-7,14,17,19,33H,8-13,15-16H2,1-2H3,(H,30,32). The Hall–Kier alpha value is -3.21. The van der Waals surface area contributed by atoms with Gasteiger partial charge < -0.3 is 14.8 Å². The molecule has 3 aromatic rings. The van der Waals surface area contributed by atoms with Crippen molar-refractivity contribution in [3.63, 3.8) is 0 Å². The Labute approximate surface area is 221 Å². The van der Waals surface area contributed by atoms with E-state index in [9.17, 15) is 17.2 Å². The van der Waals surface area contributed by atoms with Crippen molar-refractivity contribution < 1.29 is 17.2 Å². The number of rotatable bonds is 7. The van der Waals surface area contributed by atoms with Crippen LogP contribution in [0.5, 0.6) is 0 Å². The lowest BCUT2D eigenvalue weighted by molar-refractivity contribution is -0.0850. The molecule has 1 saturated heterocycles. The van der Waals surface area contributed by atoms with Crippen LogP contribution in [0.2, 0.25) is 0 Å². The van der Waals surface area contributed by atoms with Gasteiger partial charge in [0.2, 0.25) is 10.0 Å². The van der Waals surface area contributed by atoms with Crippen LogP contribution in [0, 0.1) is 5.41 Å². The minimum Gasteiger partial charge on any atom is -0.371 e. The van der Waals surface area contributed by atoms with Crippen molar-refractivity contribution in [2.75, 3.05) is 40.9 Å². The second-order valence-electron chi connectivity index (χ2n) is 11.1. The summed E-state index contributed by atoms with van der Waals surface area (Å²) in [5, 5.41) is 0. The third-order valence-electron chi connectivity index (χ3n) is 8.24. The summed E-state index contributed by atoms with van der Waals surface area (Å²) in [5.74, 6) is -1.29. The first-order chi connectivity index (χ1) is 18.0. The zero-order valence-corrected chi connectivity index (χ0v) is 22.4. The van der Waals surface area contributed by atoms with Gasteiger partial charge in [0, 0.05) is 50.3 Å². The van der Waals surface area contributed by atoms with Crippen molar-refractivity contribution in [3.8, 4) is 22.8 Å². The molecule has 1 spiro atoms. The number of piperidine rings is 1. The van der Waals surface area contributed by atoms with E-state index in [1.807, 2.05) is 35.2 Å². The van der Waals surface area contributed by atoms with Crippen molar-refractivity contribution >= 4 is 27.2 Å². The lowest BCUT2D eigenvalue weighted by Gasteiger charge is -2.41. The zero-order chi connectivity index (χ0) is 26.7. The van der Waals surface area contributed by atoms with Crippen LogP contribution < -0.4 is 14.5 Å². The van der Waals surface area contributed by atoms with Crippen molar-refractivity contribution in [2.24, 2.45) is 5.41 Å². The highest BCUT2D eigenvalue weighted by atomic mass is 32.2. The molecule has 11 heteroatoms. The number of nitrogens with one attached hydrogen (secondary N) is 2. The van der Waals surface area contributed by atoms with Gasteiger partial charge >= 0.3 is 0 Å². The lowest BCUT2D eigenvalue weighted by Crippen LogP contribution is -2.49. The SMILES string of the molecule is CN(c1cccc(-c2cnc(-c3ccc(NS(C)(=O)=O)cc3N3CCC4(CC3)CC4)[nH]2)n1)C1CC(F)(F)C1. The normalized spacial score (nSPS) is 20.3. The fourth-order valence-electron chi connectivity index (χ4n) is 5.62. The average molecular weight is 543 g/mol. The molecule has 2 N–H and O–H groups in total. The molecule has 0 amide bonds. The second-order valence-corrected chi connectivity index (χ2v) is 12.9. The molecule has 0 unspecified atom stereocenters. The van der Waals surface area contributed by atoms with Gasteiger partial charge in [0.05, 0.1) is 29.5 Å². The maximum absolute atomic E-state index is 13.4. The predicted octanol–water partition coefficient (Wildman–Crippen LogP) is 5.12. The summed E-state index contributed by atoms with van der Waals surface area (Å²) in [6, 6.07) is 10.8. The van der Waals surface area contributed by atoms with Crippen molar-refractivity contribution in [3.05, 3.63) is 42.6 Å². The highest BCUT2D eigenvalue weighted by molar-refractivity contribution is 7.92. The minimum absolute atomic E-state index is 0.159. The van der Waals surface area contributed by atoms with Gasteiger partial charge in [0.25, 0.3) is 5.92 Å². The van der Waals surface area contributed by atoms with Gasteiger partial charge in [-0.15, -0.1) is 0 Å². The lowest BCUT2D eigenvalue weighted by atomic mass is 9.87. The third-order valence-corrected chi connectivity index (χ3v) is 8.85. The molecule has 38 heavy (non-hydrogen) atoms. The molecule has 2 saturated carbocycles. The van der Waals surface area contributed by atoms with Crippen LogP contribution in [-0.4, -0.2) is 61.7 Å². The molecular weight excluding hydrogens is 510 g/mol. The van der Waals surface area contributed by atoms with Crippen LogP contribution in [0.4, 0.5) is 26.0 Å². The number of aromatic amines is 1. The quantitative estimate of drug-likeness (QED) is 0.430. The number of pyridine rings is 1. The number of aromatic nitrogens is 3. The number of benzene rings is 1. The summed E-state index contributed by atoms with van der Waals surface area (Å²) in [5.41, 5.74) is 4.23. The van der Waals surface area contributed by atoms with Crippen LogP contribution in [0.1, 0.15) is 38.5 Å². The van der Waals surface area contributed by atoms with E-state index in [2.05, 4.69) is 19.6 Å². The molecule has 202 valence electrons. The molecule has 1 aromatic carbocycles. The summed E-state index contributed by atoms with van der Waals surface area (Å²) in [4.78, 5) is 16.9. The summed E-state index contributed by atoms with van der Waals surface area (Å²) < 4.78 is 53.1. The molecule has 0 radical (unpaired) electrons. The highest BCUT2D eigenvalue weighted by Crippen LogP contribution is 2.54. The minimum atomic E-state index is -3.41. The van der Waals surface area contributed by atoms with Crippen molar-refractivity contribution in [2.45, 2.75) is 50.5 Å². The van der Waals surface area contributed by atoms with Crippen LogP contribution in [-0.2, 0) is 10.0 Å². The van der Waals surface area contributed by atoms with E-state index >= 15 is 0 Å². The number of hydrogen-bond acceptors (Lipinski definition) is 6. The fourth-order valence-corrected chi connectivity index (χ4v) is 6.17. The van der Waals surface area contributed by atoms with Gasteiger partial charge in [-0.2, -0.15) is 0 Å². The maximum atomic E-state index is 13.4. The van der Waals surface area contributed by atoms with Crippen LogP contribution in [0.25, 0.3) is 22.8 Å². The Bertz CT molecular complexity index is 1450. The Morgan fingerprint density at radius 1 is 1.11 bits per heavy atom. The summed E-state index contributed by atoms with van der Waals surface area (Å²) in [6.07, 6.45) is 7.42. The molecule has 0 bridgehead atoms. The van der Waals surface area contributed by atoms with E-state index in [-0.39, 0.29) is 18.9 Å². The summed E-state index contributed by atoms with van der Waals surface area (Å²) in [6.45, 7) is 1.83. The van der Waals surface area contributed by atoms with Gasteiger partial charge in [-0.25, -0.2) is 27.2 Å². The number of imidazole rings is 1. The average Bonchev–Trinajstić information content (AvgIpc) is 3.42. The largest absolute Gasteiger partial charge is 0.371 e. The zero-order valence-electron chi connectivity index (χ0n) is 21.5. The molecule has 2 aromatic heterocycles. The van der Waals surface area contributed by atoms with Crippen molar-refractivity contribution in [1.82, 2.24) is 15.0 Å². The summed E-state index contributed by atoms with van der Waals surface area (Å²) in [7, 11) is -1.61. The molecular formula is C27H32F2N6O2S. The second kappa shape index (κ2) is 8.93. The van der Waals surface area contributed by atoms with Crippen LogP contribution in [0.3, 0.4) is 0 Å². The van der Waals surface area contributed by atoms with Gasteiger partial charge in [-0.1, -0.05) is 6.07 Å². The van der Waals surface area contributed by atoms with Crippen LogP contribution in [0.15, 0.2) is 42.6 Å². The fraction of sp³-hybridized carbons (Fsp3) is 0.481. The van der Waals surface area contributed by atoms with Gasteiger partial charge in [0.1, 0.15) is 11.6 Å². The number of halogens is 2. The number of nitrogens with zero attached hydrogens (tertiary/aromatic N) is 4. The van der Waals surface area contributed by atoms with Crippen LogP contribution >= 0.6 is 0 Å². The van der Waals surface area contributed by atoms with E-state index < -0.39 is 15.9 Å². The number of sulfonamides is 1. The monoisotopic (exact) mass is 542 g/mol. The predicted molar refractivity (Wildman–Crippen MR) is 145 cm³/mol. The molecule has 8 nitrogen and oxygen atoms in total. The number of hydrogen-bond donors (Lipinski definition) is 2. The van der Waals surface area contributed by atoms with E-state index in [0.29, 0.717) is 34.1 Å². The van der Waals surface area contributed by atoms with E-state index in [0.717, 1.165) is 43.4 Å². The molecule has 0 atom stereocenters. The molecule has 3 aliphatic rings. The highest BCUT2D eigenvalue weighted by Gasteiger charge is 2.47. The first-order valence-electron chi connectivity index (χ1n) is 13.0. The van der Waals surface area contributed by atoms with E-state index in [4.69, 9.17) is 4.98 Å². The number of anilines is 3. The van der Waals surface area contributed by atoms with Gasteiger partial charge in [0.15, 0.2) is 0 Å². The molecule has 3 fully saturated rings. The maximum Gasteiger partial charge on any atom is 0.252 e. The molecule has 2 aliphatic carbocycles. The molecule has 1 aliphatic heterocycles. The Morgan fingerprint density at radius 2 is 1.84 bits per heavy atom. The summed E-state index contributed by atoms with van der Waals surface area (Å²) >= 11 is 0. The van der Waals surface area contributed by atoms with E-state index in [1.165, 1.54) is 12.8 Å². The van der Waals surface area contributed by atoms with Gasteiger partial charge in [-0.3, -0.25) is 4.72 Å². The number of alkyl halides is 2. The first-order valence-corrected chi connectivity index (χ1v) is 14.9. The first kappa shape index (κ1) is 25.1. The third kappa shape index (κ3) is 5.08. The molecule has 6 rings (SSSR count). The smallest absolute Gasteiger partial charge is 0.252 e. The van der Waals surface area contributed by atoms with E-state index in [1.54, 1.807) is 19.3 Å². The van der Waals surface area contributed by atoms with Crippen molar-refractivity contribution in [1.29, 1.82) is 0 Å². The Balaban J connectivity index is 1.28. The van der Waals surface area contributed by atoms with Gasteiger partial charge in [-0.05, 0) is 61.4 Å². The Morgan fingerprint density at radius 3 is 2.50 bits per heavy atom. The topological polar surface area (TPSA) is 94.2 Å². The molecule has 3 heterocycles.